The van der Waals surface area contributed by atoms with Gasteiger partial charge < -0.3 is 9.64 Å². The van der Waals surface area contributed by atoms with E-state index in [2.05, 4.69) is 10.3 Å². The fourth-order valence-electron chi connectivity index (χ4n) is 4.08. The van der Waals surface area contributed by atoms with Crippen LogP contribution in [0.25, 0.3) is 10.9 Å². The van der Waals surface area contributed by atoms with Crippen LogP contribution < -0.4 is 10.5 Å². The zero-order valence-corrected chi connectivity index (χ0v) is 18.6. The normalized spacial score (nSPS) is 18.1. The lowest BCUT2D eigenvalue weighted by atomic mass is 9.99. The Bertz CT molecular complexity index is 1380. The Morgan fingerprint density at radius 2 is 1.88 bits per heavy atom. The topological polar surface area (TPSA) is 94.4 Å². The van der Waals surface area contributed by atoms with Crippen molar-refractivity contribution in [3.63, 3.8) is 0 Å². The van der Waals surface area contributed by atoms with Gasteiger partial charge in [0.1, 0.15) is 5.52 Å². The van der Waals surface area contributed by atoms with Crippen molar-refractivity contribution >= 4 is 39.8 Å². The molecule has 1 saturated heterocycles. The lowest BCUT2D eigenvalue weighted by molar-refractivity contribution is -0.153. The predicted molar refractivity (Wildman–Crippen MR) is 124 cm³/mol. The minimum atomic E-state index is -0.707. The number of carbonyl (C=O) groups is 2. The number of amides is 1. The zero-order chi connectivity index (χ0) is 22.9. The summed E-state index contributed by atoms with van der Waals surface area (Å²) in [5.74, 6) is -1.42. The van der Waals surface area contributed by atoms with E-state index in [0.717, 1.165) is 20.8 Å². The number of anilines is 1. The minimum absolute atomic E-state index is 0.0214. The summed E-state index contributed by atoms with van der Waals surface area (Å²) >= 11 is 1.48. The lowest BCUT2D eigenvalue weighted by Gasteiger charge is -2.27. The number of hydrogen-bond donors (Lipinski definition) is 0. The first-order valence-corrected chi connectivity index (χ1v) is 11.3. The van der Waals surface area contributed by atoms with Gasteiger partial charge in [-0.05, 0) is 42.6 Å². The summed E-state index contributed by atoms with van der Waals surface area (Å²) < 4.78 is 6.48. The Morgan fingerprint density at radius 1 is 1.09 bits per heavy atom. The Morgan fingerprint density at radius 3 is 2.64 bits per heavy atom. The van der Waals surface area contributed by atoms with Gasteiger partial charge in [-0.15, -0.1) is 16.4 Å². The Balaban J connectivity index is 1.41. The Kier molecular flexibility index (Phi) is 5.47. The molecule has 0 saturated carbocycles. The number of fused-ring (bicyclic) bond motifs is 1. The van der Waals surface area contributed by atoms with E-state index < -0.39 is 23.5 Å². The molecule has 1 aliphatic heterocycles. The van der Waals surface area contributed by atoms with E-state index in [-0.39, 0.29) is 19.1 Å². The number of carbonyl (C=O) groups excluding carboxylic acids is 2. The maximum Gasteiger partial charge on any atom is 0.313 e. The van der Waals surface area contributed by atoms with Crippen LogP contribution in [0.3, 0.4) is 0 Å². The van der Waals surface area contributed by atoms with E-state index in [1.165, 1.54) is 11.3 Å². The molecule has 4 aromatic rings. The molecular formula is C24H20N4O4S. The zero-order valence-electron chi connectivity index (χ0n) is 17.7. The van der Waals surface area contributed by atoms with E-state index in [1.54, 1.807) is 29.2 Å². The van der Waals surface area contributed by atoms with E-state index in [0.29, 0.717) is 10.9 Å². The summed E-state index contributed by atoms with van der Waals surface area (Å²) in [5, 5.41) is 10.2. The maximum atomic E-state index is 13.1. The number of aryl methyl sites for hydroxylation is 1. The number of aromatic nitrogens is 3. The molecule has 8 nitrogen and oxygen atoms in total. The minimum Gasteiger partial charge on any atom is -0.442 e. The van der Waals surface area contributed by atoms with E-state index in [4.69, 9.17) is 4.74 Å². The highest BCUT2D eigenvalue weighted by atomic mass is 32.1. The molecule has 9 heteroatoms. The monoisotopic (exact) mass is 460 g/mol. The van der Waals surface area contributed by atoms with Gasteiger partial charge in [0, 0.05) is 17.0 Å². The standard InChI is InChI=1S/C24H20N4O4S/c1-15-8-10-16(11-9-15)28-21(29)13-18(22(28)20-7-4-12-33-20)24(31)32-14-27-23(30)17-5-2-3-6-19(17)25-26-27/h2-12,18,22H,13-14H2,1H3/t18-,22-/m1/s1. The van der Waals surface area contributed by atoms with Crippen molar-refractivity contribution in [3.8, 4) is 0 Å². The number of hydrogen-bond acceptors (Lipinski definition) is 7. The van der Waals surface area contributed by atoms with Crippen LogP contribution in [-0.2, 0) is 21.1 Å². The molecule has 3 heterocycles. The smallest absolute Gasteiger partial charge is 0.313 e. The van der Waals surface area contributed by atoms with Crippen molar-refractivity contribution in [1.29, 1.82) is 0 Å². The fourth-order valence-corrected chi connectivity index (χ4v) is 4.96. The van der Waals surface area contributed by atoms with Crippen molar-refractivity contribution in [2.24, 2.45) is 5.92 Å². The molecule has 1 amide bonds. The molecule has 0 bridgehead atoms. The first-order chi connectivity index (χ1) is 16.0. The number of ether oxygens (including phenoxy) is 1. The number of thiophene rings is 1. The summed E-state index contributed by atoms with van der Waals surface area (Å²) in [4.78, 5) is 41.3. The van der Waals surface area contributed by atoms with Gasteiger partial charge >= 0.3 is 5.97 Å². The highest BCUT2D eigenvalue weighted by Crippen LogP contribution is 2.43. The summed E-state index contributed by atoms with van der Waals surface area (Å²) in [6.07, 6.45) is 0.0214. The highest BCUT2D eigenvalue weighted by molar-refractivity contribution is 7.10. The van der Waals surface area contributed by atoms with Crippen molar-refractivity contribution in [1.82, 2.24) is 15.0 Å². The maximum absolute atomic E-state index is 13.1. The van der Waals surface area contributed by atoms with Crippen molar-refractivity contribution in [3.05, 3.63) is 86.8 Å². The SMILES string of the molecule is Cc1ccc(N2C(=O)C[C@@H](C(=O)OCn3nnc4ccccc4c3=O)[C@@H]2c2cccs2)cc1. The van der Waals surface area contributed by atoms with Crippen LogP contribution in [0, 0.1) is 12.8 Å². The molecular weight excluding hydrogens is 440 g/mol. The predicted octanol–water partition coefficient (Wildman–Crippen LogP) is 3.46. The van der Waals surface area contributed by atoms with Crippen molar-refractivity contribution < 1.29 is 14.3 Å². The third-order valence-electron chi connectivity index (χ3n) is 5.73. The van der Waals surface area contributed by atoms with E-state index >= 15 is 0 Å². The van der Waals surface area contributed by atoms with Crippen LogP contribution >= 0.6 is 11.3 Å². The Hall–Kier alpha value is -3.85. The van der Waals surface area contributed by atoms with Crippen molar-refractivity contribution in [2.75, 3.05) is 4.90 Å². The second-order valence-corrected chi connectivity index (χ2v) is 8.85. The molecule has 166 valence electrons. The van der Waals surface area contributed by atoms with Gasteiger partial charge in [0.15, 0.2) is 6.73 Å². The summed E-state index contributed by atoms with van der Waals surface area (Å²) in [5.41, 5.74) is 1.89. The van der Waals surface area contributed by atoms with E-state index in [1.807, 2.05) is 48.7 Å². The number of benzene rings is 2. The van der Waals surface area contributed by atoms with Crippen LogP contribution in [0.2, 0.25) is 0 Å². The van der Waals surface area contributed by atoms with Crippen molar-refractivity contribution in [2.45, 2.75) is 26.1 Å². The highest BCUT2D eigenvalue weighted by Gasteiger charge is 2.46. The molecule has 2 aromatic heterocycles. The average Bonchev–Trinajstić information content (AvgIpc) is 3.47. The quantitative estimate of drug-likeness (QED) is 0.424. The molecule has 5 rings (SSSR count). The first-order valence-electron chi connectivity index (χ1n) is 10.4. The molecule has 2 aromatic carbocycles. The number of nitrogens with zero attached hydrogens (tertiary/aromatic N) is 4. The van der Waals surface area contributed by atoms with Crippen LogP contribution in [0.4, 0.5) is 5.69 Å². The van der Waals surface area contributed by atoms with Gasteiger partial charge in [-0.2, -0.15) is 4.68 Å². The number of rotatable bonds is 5. The average molecular weight is 461 g/mol. The second-order valence-electron chi connectivity index (χ2n) is 7.87. The first kappa shape index (κ1) is 21.0. The molecule has 2 atom stereocenters. The van der Waals surface area contributed by atoms with E-state index in [9.17, 15) is 14.4 Å². The number of esters is 1. The molecule has 0 radical (unpaired) electrons. The van der Waals surface area contributed by atoms with Crippen LogP contribution in [0.1, 0.15) is 22.9 Å². The molecule has 1 fully saturated rings. The molecule has 33 heavy (non-hydrogen) atoms. The summed E-state index contributed by atoms with van der Waals surface area (Å²) in [7, 11) is 0. The molecule has 0 unspecified atom stereocenters. The molecule has 0 aliphatic carbocycles. The lowest BCUT2D eigenvalue weighted by Crippen LogP contribution is -2.32. The third-order valence-corrected chi connectivity index (χ3v) is 6.67. The Labute approximate surface area is 193 Å². The summed E-state index contributed by atoms with van der Waals surface area (Å²) in [6, 6.07) is 17.8. The van der Waals surface area contributed by atoms with Gasteiger partial charge in [-0.1, -0.05) is 41.1 Å². The van der Waals surface area contributed by atoms with Gasteiger partial charge in [-0.25, -0.2) is 0 Å². The van der Waals surface area contributed by atoms with Gasteiger partial charge in [0.2, 0.25) is 5.91 Å². The second kappa shape index (κ2) is 8.59. The van der Waals surface area contributed by atoms with Crippen LogP contribution in [0.15, 0.2) is 70.8 Å². The van der Waals surface area contributed by atoms with Crippen LogP contribution in [0.5, 0.6) is 0 Å². The van der Waals surface area contributed by atoms with Gasteiger partial charge in [0.25, 0.3) is 5.56 Å². The van der Waals surface area contributed by atoms with Gasteiger partial charge in [0.05, 0.1) is 17.3 Å². The van der Waals surface area contributed by atoms with Gasteiger partial charge in [-0.3, -0.25) is 14.4 Å². The third kappa shape index (κ3) is 3.91. The molecule has 0 N–H and O–H groups in total. The van der Waals surface area contributed by atoms with Crippen LogP contribution in [-0.4, -0.2) is 26.9 Å². The fraction of sp³-hybridized carbons (Fsp3) is 0.208. The largest absolute Gasteiger partial charge is 0.442 e. The summed E-state index contributed by atoms with van der Waals surface area (Å²) in [6.45, 7) is 1.60. The molecule has 1 aliphatic rings. The molecule has 0 spiro atoms.